The molecule has 0 aromatic heterocycles. The van der Waals surface area contributed by atoms with Gasteiger partial charge in [-0.3, -0.25) is 0 Å². The molecule has 0 unspecified atom stereocenters. The number of hydrogen-bond acceptors (Lipinski definition) is 0. The SMILES string of the molecule is CC(C)=CC#CC(C)(C)C. The number of rotatable bonds is 0. The van der Waals surface area contributed by atoms with Gasteiger partial charge >= 0.3 is 0 Å². The smallest absolute Gasteiger partial charge is 0.0233 e. The van der Waals surface area contributed by atoms with Crippen molar-refractivity contribution in [3.8, 4) is 11.8 Å². The molecule has 0 aliphatic heterocycles. The molecule has 0 spiro atoms. The molecule has 0 aromatic rings. The molecule has 10 heavy (non-hydrogen) atoms. The van der Waals surface area contributed by atoms with Crippen LogP contribution >= 0.6 is 0 Å². The van der Waals surface area contributed by atoms with Crippen LogP contribution in [0, 0.1) is 17.3 Å². The van der Waals surface area contributed by atoms with Crippen LogP contribution in [0.25, 0.3) is 0 Å². The van der Waals surface area contributed by atoms with Gasteiger partial charge in [0.05, 0.1) is 0 Å². The van der Waals surface area contributed by atoms with Crippen LogP contribution in [-0.4, -0.2) is 0 Å². The van der Waals surface area contributed by atoms with Gasteiger partial charge in [0, 0.05) is 5.41 Å². The first-order valence-electron chi connectivity index (χ1n) is 3.58. The van der Waals surface area contributed by atoms with Crippen LogP contribution in [0.2, 0.25) is 0 Å². The van der Waals surface area contributed by atoms with E-state index in [0.717, 1.165) is 0 Å². The summed E-state index contributed by atoms with van der Waals surface area (Å²) in [6, 6.07) is 0. The molecule has 0 saturated heterocycles. The van der Waals surface area contributed by atoms with E-state index in [0.29, 0.717) is 0 Å². The zero-order valence-corrected chi connectivity index (χ0v) is 7.58. The third kappa shape index (κ3) is 7.30. The molecule has 0 rings (SSSR count). The molecule has 0 aliphatic rings. The highest BCUT2D eigenvalue weighted by Gasteiger charge is 2.02. The van der Waals surface area contributed by atoms with Crippen LogP contribution in [0.15, 0.2) is 11.6 Å². The molecule has 0 aromatic carbocycles. The molecule has 0 atom stereocenters. The maximum absolute atomic E-state index is 3.13. The molecule has 0 radical (unpaired) electrons. The van der Waals surface area contributed by atoms with Crippen LogP contribution in [0.5, 0.6) is 0 Å². The van der Waals surface area contributed by atoms with Crippen LogP contribution in [-0.2, 0) is 0 Å². The Balaban J connectivity index is 4.07. The van der Waals surface area contributed by atoms with E-state index in [1.54, 1.807) is 0 Å². The Bertz CT molecular complexity index is 174. The van der Waals surface area contributed by atoms with Crippen molar-refractivity contribution >= 4 is 0 Å². The molecule has 56 valence electrons. The second-order valence-corrected chi connectivity index (χ2v) is 3.74. The second kappa shape index (κ2) is 3.46. The molecule has 0 aliphatic carbocycles. The van der Waals surface area contributed by atoms with E-state index in [4.69, 9.17) is 0 Å². The van der Waals surface area contributed by atoms with Gasteiger partial charge in [-0.05, 0) is 40.7 Å². The molecule has 0 bridgehead atoms. The summed E-state index contributed by atoms with van der Waals surface area (Å²) in [6.07, 6.45) is 1.95. The van der Waals surface area contributed by atoms with Crippen molar-refractivity contribution < 1.29 is 0 Å². The summed E-state index contributed by atoms with van der Waals surface area (Å²) in [6.45, 7) is 10.4. The molecule has 0 amide bonds. The van der Waals surface area contributed by atoms with Gasteiger partial charge in [-0.25, -0.2) is 0 Å². The van der Waals surface area contributed by atoms with Crippen molar-refractivity contribution in [2.75, 3.05) is 0 Å². The fraction of sp³-hybridized carbons (Fsp3) is 0.600. The van der Waals surface area contributed by atoms with Crippen molar-refractivity contribution in [1.82, 2.24) is 0 Å². The van der Waals surface area contributed by atoms with E-state index >= 15 is 0 Å². The highest BCUT2D eigenvalue weighted by atomic mass is 14.0. The Labute approximate surface area is 64.3 Å². The van der Waals surface area contributed by atoms with E-state index in [-0.39, 0.29) is 5.41 Å². The average molecular weight is 136 g/mol. The van der Waals surface area contributed by atoms with Crippen LogP contribution < -0.4 is 0 Å². The lowest BCUT2D eigenvalue weighted by atomic mass is 9.98. The Morgan fingerprint density at radius 1 is 1.20 bits per heavy atom. The standard InChI is InChI=1S/C10H16/c1-9(2)7-6-8-10(3,4)5/h7H,1-5H3. The van der Waals surface area contributed by atoms with Crippen LogP contribution in [0.3, 0.4) is 0 Å². The summed E-state index contributed by atoms with van der Waals surface area (Å²) in [5.74, 6) is 6.14. The highest BCUT2D eigenvalue weighted by molar-refractivity contribution is 5.21. The summed E-state index contributed by atoms with van der Waals surface area (Å²) < 4.78 is 0. The van der Waals surface area contributed by atoms with Gasteiger partial charge in [0.15, 0.2) is 0 Å². The van der Waals surface area contributed by atoms with Gasteiger partial charge in [0.25, 0.3) is 0 Å². The van der Waals surface area contributed by atoms with Crippen LogP contribution in [0.4, 0.5) is 0 Å². The van der Waals surface area contributed by atoms with E-state index in [9.17, 15) is 0 Å². The topological polar surface area (TPSA) is 0 Å². The molecule has 0 heteroatoms. The van der Waals surface area contributed by atoms with E-state index in [1.807, 2.05) is 6.08 Å². The summed E-state index contributed by atoms with van der Waals surface area (Å²) in [7, 11) is 0. The van der Waals surface area contributed by atoms with Gasteiger partial charge in [0.1, 0.15) is 0 Å². The normalized spacial score (nSPS) is 9.70. The van der Waals surface area contributed by atoms with E-state index < -0.39 is 0 Å². The minimum absolute atomic E-state index is 0.131. The maximum atomic E-state index is 3.13. The van der Waals surface area contributed by atoms with E-state index in [2.05, 4.69) is 46.5 Å². The monoisotopic (exact) mass is 136 g/mol. The molecule has 0 fully saturated rings. The molecule has 0 N–H and O–H groups in total. The number of hydrogen-bond donors (Lipinski definition) is 0. The van der Waals surface area contributed by atoms with Gasteiger partial charge in [-0.15, -0.1) is 0 Å². The Morgan fingerprint density at radius 2 is 1.70 bits per heavy atom. The number of allylic oxidation sites excluding steroid dienone is 2. The highest BCUT2D eigenvalue weighted by Crippen LogP contribution is 2.09. The molecule has 0 saturated carbocycles. The lowest BCUT2D eigenvalue weighted by molar-refractivity contribution is 0.571. The average Bonchev–Trinajstić information content (AvgIpc) is 1.59. The van der Waals surface area contributed by atoms with Crippen molar-refractivity contribution in [1.29, 1.82) is 0 Å². The minimum atomic E-state index is 0.131. The van der Waals surface area contributed by atoms with Gasteiger partial charge in [-0.1, -0.05) is 17.4 Å². The maximum Gasteiger partial charge on any atom is 0.0233 e. The summed E-state index contributed by atoms with van der Waals surface area (Å²) in [5, 5.41) is 0. The van der Waals surface area contributed by atoms with Gasteiger partial charge in [-0.2, -0.15) is 0 Å². The zero-order chi connectivity index (χ0) is 8.20. The lowest BCUT2D eigenvalue weighted by Gasteiger charge is -2.05. The van der Waals surface area contributed by atoms with Gasteiger partial charge < -0.3 is 0 Å². The third-order valence-electron chi connectivity index (χ3n) is 0.808. The Morgan fingerprint density at radius 3 is 2.00 bits per heavy atom. The van der Waals surface area contributed by atoms with Crippen molar-refractivity contribution in [3.05, 3.63) is 11.6 Å². The summed E-state index contributed by atoms with van der Waals surface area (Å²) >= 11 is 0. The zero-order valence-electron chi connectivity index (χ0n) is 7.58. The molecular formula is C10H16. The van der Waals surface area contributed by atoms with E-state index in [1.165, 1.54) is 5.57 Å². The Hall–Kier alpha value is -0.700. The molecule has 0 nitrogen and oxygen atoms in total. The van der Waals surface area contributed by atoms with Crippen molar-refractivity contribution in [3.63, 3.8) is 0 Å². The quantitative estimate of drug-likeness (QED) is 0.449. The lowest BCUT2D eigenvalue weighted by Crippen LogP contribution is -1.98. The molecular weight excluding hydrogens is 120 g/mol. The van der Waals surface area contributed by atoms with Crippen molar-refractivity contribution in [2.45, 2.75) is 34.6 Å². The van der Waals surface area contributed by atoms with Gasteiger partial charge in [0.2, 0.25) is 0 Å². The summed E-state index contributed by atoms with van der Waals surface area (Å²) in [4.78, 5) is 0. The second-order valence-electron chi connectivity index (χ2n) is 3.74. The first-order valence-corrected chi connectivity index (χ1v) is 3.58. The predicted octanol–water partition coefficient (Wildman–Crippen LogP) is 3.00. The fourth-order valence-corrected chi connectivity index (χ4v) is 0.397. The third-order valence-corrected chi connectivity index (χ3v) is 0.808. The largest absolute Gasteiger partial charge is 0.0926 e. The minimum Gasteiger partial charge on any atom is -0.0926 e. The first kappa shape index (κ1) is 9.30. The van der Waals surface area contributed by atoms with Crippen LogP contribution in [0.1, 0.15) is 34.6 Å². The summed E-state index contributed by atoms with van der Waals surface area (Å²) in [5.41, 5.74) is 1.39. The fourth-order valence-electron chi connectivity index (χ4n) is 0.397. The molecule has 0 heterocycles. The Kier molecular flexibility index (Phi) is 3.22. The predicted molar refractivity (Wildman–Crippen MR) is 46.7 cm³/mol. The van der Waals surface area contributed by atoms with Crippen molar-refractivity contribution in [2.24, 2.45) is 5.41 Å². The first-order chi connectivity index (χ1) is 4.42.